The Labute approximate surface area is 231 Å². The monoisotopic (exact) mass is 538 g/mol. The average molecular weight is 539 g/mol. The van der Waals surface area contributed by atoms with E-state index in [1.165, 1.54) is 37.7 Å². The van der Waals surface area contributed by atoms with Crippen LogP contribution in [0, 0.1) is 0 Å². The predicted octanol–water partition coefficient (Wildman–Crippen LogP) is 10.6. The molecule has 2 nitrogen and oxygen atoms in total. The van der Waals surface area contributed by atoms with Gasteiger partial charge in [-0.05, 0) is 54.0 Å². The Morgan fingerprint density at radius 1 is 0.692 bits per heavy atom. The standard InChI is InChI=1S/C34H41F3O2/c1-2-3-4-6-10-16-27-21-23-28(24-22-27)30-19-15-20-31(32(30)29-17-11-9-12-18-29)33(38)39-26-14-8-5-7-13-25-34(35,36)37/h9,11-12,15,17-24H,2-8,10,13-14,16,25-26H2,1H3. The minimum atomic E-state index is -4.09. The van der Waals surface area contributed by atoms with Crippen molar-refractivity contribution in [1.82, 2.24) is 0 Å². The Morgan fingerprint density at radius 2 is 1.36 bits per heavy atom. The van der Waals surface area contributed by atoms with E-state index >= 15 is 0 Å². The molecule has 0 fully saturated rings. The summed E-state index contributed by atoms with van der Waals surface area (Å²) in [5, 5.41) is 0. The van der Waals surface area contributed by atoms with E-state index < -0.39 is 12.6 Å². The molecule has 0 unspecified atom stereocenters. The second-order valence-corrected chi connectivity index (χ2v) is 10.2. The maximum Gasteiger partial charge on any atom is 0.389 e. The molecule has 0 aliphatic carbocycles. The van der Waals surface area contributed by atoms with Crippen LogP contribution in [0.2, 0.25) is 0 Å². The number of ether oxygens (including phenoxy) is 1. The van der Waals surface area contributed by atoms with Crippen molar-refractivity contribution in [2.24, 2.45) is 0 Å². The fraction of sp³-hybridized carbons (Fsp3) is 0.441. The van der Waals surface area contributed by atoms with Crippen molar-refractivity contribution in [1.29, 1.82) is 0 Å². The van der Waals surface area contributed by atoms with E-state index in [4.69, 9.17) is 4.74 Å². The second-order valence-electron chi connectivity index (χ2n) is 10.2. The summed E-state index contributed by atoms with van der Waals surface area (Å²) >= 11 is 0. The Hall–Kier alpha value is -3.08. The van der Waals surface area contributed by atoms with Crippen LogP contribution < -0.4 is 0 Å². The molecule has 0 bridgehead atoms. The highest BCUT2D eigenvalue weighted by Gasteiger charge is 2.25. The number of aryl methyl sites for hydroxylation is 1. The van der Waals surface area contributed by atoms with Crippen molar-refractivity contribution in [3.63, 3.8) is 0 Å². The number of hydrogen-bond donors (Lipinski definition) is 0. The first-order chi connectivity index (χ1) is 18.9. The van der Waals surface area contributed by atoms with E-state index in [0.717, 1.165) is 35.1 Å². The summed E-state index contributed by atoms with van der Waals surface area (Å²) in [6, 6.07) is 24.2. The van der Waals surface area contributed by atoms with E-state index in [1.807, 2.05) is 42.5 Å². The first-order valence-electron chi connectivity index (χ1n) is 14.4. The highest BCUT2D eigenvalue weighted by molar-refractivity contribution is 6.02. The van der Waals surface area contributed by atoms with E-state index in [-0.39, 0.29) is 19.0 Å². The summed E-state index contributed by atoms with van der Waals surface area (Å²) in [5.74, 6) is -0.378. The van der Waals surface area contributed by atoms with Gasteiger partial charge in [-0.1, -0.05) is 119 Å². The number of halogens is 3. The van der Waals surface area contributed by atoms with Crippen molar-refractivity contribution in [2.75, 3.05) is 6.61 Å². The van der Waals surface area contributed by atoms with Crippen molar-refractivity contribution < 1.29 is 22.7 Å². The van der Waals surface area contributed by atoms with Crippen LogP contribution in [0.4, 0.5) is 13.2 Å². The molecule has 0 aromatic heterocycles. The van der Waals surface area contributed by atoms with Gasteiger partial charge in [0, 0.05) is 12.0 Å². The lowest BCUT2D eigenvalue weighted by Gasteiger charge is -2.16. The molecule has 39 heavy (non-hydrogen) atoms. The zero-order valence-electron chi connectivity index (χ0n) is 23.1. The Balaban J connectivity index is 1.66. The average Bonchev–Trinajstić information content (AvgIpc) is 2.94. The number of unbranched alkanes of at least 4 members (excludes halogenated alkanes) is 8. The van der Waals surface area contributed by atoms with Crippen LogP contribution in [0.5, 0.6) is 0 Å². The molecule has 3 aromatic rings. The molecule has 0 radical (unpaired) electrons. The van der Waals surface area contributed by atoms with Gasteiger partial charge < -0.3 is 4.74 Å². The molecule has 5 heteroatoms. The summed E-state index contributed by atoms with van der Waals surface area (Å²) in [5.41, 5.74) is 5.67. The van der Waals surface area contributed by atoms with Gasteiger partial charge in [0.25, 0.3) is 0 Å². The van der Waals surface area contributed by atoms with Crippen LogP contribution in [0.15, 0.2) is 72.8 Å². The van der Waals surface area contributed by atoms with Gasteiger partial charge in [-0.25, -0.2) is 4.79 Å². The Kier molecular flexibility index (Phi) is 12.6. The lowest BCUT2D eigenvalue weighted by atomic mass is 9.90. The molecule has 0 amide bonds. The number of carbonyl (C=O) groups is 1. The van der Waals surface area contributed by atoms with Crippen LogP contribution in [0.1, 0.15) is 93.5 Å². The fourth-order valence-electron chi connectivity index (χ4n) is 4.86. The summed E-state index contributed by atoms with van der Waals surface area (Å²) < 4.78 is 42.4. The molecule has 210 valence electrons. The molecule has 0 aliphatic rings. The Morgan fingerprint density at radius 3 is 2.08 bits per heavy atom. The largest absolute Gasteiger partial charge is 0.462 e. The number of hydrogen-bond acceptors (Lipinski definition) is 2. The first-order valence-corrected chi connectivity index (χ1v) is 14.4. The molecule has 0 aliphatic heterocycles. The van der Waals surface area contributed by atoms with Gasteiger partial charge >= 0.3 is 12.1 Å². The van der Waals surface area contributed by atoms with E-state index in [9.17, 15) is 18.0 Å². The fourth-order valence-corrected chi connectivity index (χ4v) is 4.86. The molecule has 0 N–H and O–H groups in total. The van der Waals surface area contributed by atoms with E-state index in [2.05, 4.69) is 31.2 Å². The predicted molar refractivity (Wildman–Crippen MR) is 154 cm³/mol. The summed E-state index contributed by atoms with van der Waals surface area (Å²) in [6.07, 6.45) is 5.31. The van der Waals surface area contributed by atoms with Gasteiger partial charge in [0.2, 0.25) is 0 Å². The van der Waals surface area contributed by atoms with Gasteiger partial charge in [-0.2, -0.15) is 13.2 Å². The van der Waals surface area contributed by atoms with Crippen molar-refractivity contribution in [3.05, 3.63) is 83.9 Å². The van der Waals surface area contributed by atoms with Gasteiger partial charge in [-0.15, -0.1) is 0 Å². The van der Waals surface area contributed by atoms with Crippen LogP contribution >= 0.6 is 0 Å². The van der Waals surface area contributed by atoms with Crippen LogP contribution in [-0.4, -0.2) is 18.8 Å². The number of esters is 1. The molecule has 0 heterocycles. The lowest BCUT2D eigenvalue weighted by Crippen LogP contribution is -2.09. The number of benzene rings is 3. The normalized spacial score (nSPS) is 11.5. The minimum absolute atomic E-state index is 0.149. The summed E-state index contributed by atoms with van der Waals surface area (Å²) in [6.45, 7) is 2.48. The smallest absolute Gasteiger partial charge is 0.389 e. The van der Waals surface area contributed by atoms with Crippen LogP contribution in [0.3, 0.4) is 0 Å². The lowest BCUT2D eigenvalue weighted by molar-refractivity contribution is -0.135. The van der Waals surface area contributed by atoms with Gasteiger partial charge in [-0.3, -0.25) is 0 Å². The SMILES string of the molecule is CCCCCCCc1ccc(-c2cccc(C(=O)OCCCCCCCC(F)(F)F)c2-c2ccccc2)cc1. The molecule has 0 saturated heterocycles. The van der Waals surface area contributed by atoms with E-state index in [0.29, 0.717) is 24.8 Å². The molecular weight excluding hydrogens is 497 g/mol. The van der Waals surface area contributed by atoms with Gasteiger partial charge in [0.1, 0.15) is 0 Å². The van der Waals surface area contributed by atoms with Gasteiger partial charge in [0.05, 0.1) is 12.2 Å². The van der Waals surface area contributed by atoms with E-state index in [1.54, 1.807) is 6.07 Å². The highest BCUT2D eigenvalue weighted by atomic mass is 19.4. The van der Waals surface area contributed by atoms with Gasteiger partial charge in [0.15, 0.2) is 0 Å². The molecule has 0 atom stereocenters. The molecule has 3 aromatic carbocycles. The topological polar surface area (TPSA) is 26.3 Å². The summed E-state index contributed by atoms with van der Waals surface area (Å²) in [4.78, 5) is 13.2. The minimum Gasteiger partial charge on any atom is -0.462 e. The maximum atomic E-state index is 13.2. The third kappa shape index (κ3) is 10.5. The second kappa shape index (κ2) is 16.1. The van der Waals surface area contributed by atoms with Crippen molar-refractivity contribution >= 4 is 5.97 Å². The quantitative estimate of drug-likeness (QED) is 0.134. The van der Waals surface area contributed by atoms with Crippen molar-refractivity contribution in [2.45, 2.75) is 90.1 Å². The maximum absolute atomic E-state index is 13.2. The summed E-state index contributed by atoms with van der Waals surface area (Å²) in [7, 11) is 0. The zero-order valence-corrected chi connectivity index (χ0v) is 23.1. The molecular formula is C34H41F3O2. The third-order valence-corrected chi connectivity index (χ3v) is 7.02. The van der Waals surface area contributed by atoms with Crippen molar-refractivity contribution in [3.8, 4) is 22.3 Å². The number of alkyl halides is 3. The van der Waals surface area contributed by atoms with Crippen LogP contribution in [-0.2, 0) is 11.2 Å². The molecule has 0 saturated carbocycles. The molecule has 3 rings (SSSR count). The third-order valence-electron chi connectivity index (χ3n) is 7.02. The van der Waals surface area contributed by atoms with Crippen LogP contribution in [0.25, 0.3) is 22.3 Å². The molecule has 0 spiro atoms. The highest BCUT2D eigenvalue weighted by Crippen LogP contribution is 2.36. The number of rotatable bonds is 16. The Bertz CT molecular complexity index is 1120. The number of carbonyl (C=O) groups excluding carboxylic acids is 1. The zero-order chi connectivity index (χ0) is 27.9. The first kappa shape index (κ1) is 30.5.